The average Bonchev–Trinajstić information content (AvgIpc) is 1.98. The van der Waals surface area contributed by atoms with Crippen LogP contribution in [0.25, 0.3) is 0 Å². The molecule has 0 amide bonds. The van der Waals surface area contributed by atoms with Crippen molar-refractivity contribution >= 4 is 21.6 Å². The molecular formula is C8H14O5S. The van der Waals surface area contributed by atoms with E-state index < -0.39 is 27.3 Å². The molecule has 0 N–H and O–H groups in total. The van der Waals surface area contributed by atoms with Gasteiger partial charge in [-0.2, -0.15) is 0 Å². The number of carbonyl (C=O) groups excluding carboxylic acids is 2. The zero-order valence-electron chi connectivity index (χ0n) is 8.28. The standard InChI is InChI=1S/C8H14O5S/c1-3-13-8(10)5-4-7(9)6-14(2,11)12/h3-6H2,1-2H3. The number of ether oxygens (including phenoxy) is 1. The lowest BCUT2D eigenvalue weighted by atomic mass is 10.2. The molecule has 5 nitrogen and oxygen atoms in total. The highest BCUT2D eigenvalue weighted by Crippen LogP contribution is 1.97. The first-order valence-electron chi connectivity index (χ1n) is 4.20. The van der Waals surface area contributed by atoms with Crippen molar-refractivity contribution in [2.24, 2.45) is 0 Å². The van der Waals surface area contributed by atoms with E-state index in [2.05, 4.69) is 4.74 Å². The topological polar surface area (TPSA) is 77.5 Å². The van der Waals surface area contributed by atoms with E-state index in [1.807, 2.05) is 0 Å². The summed E-state index contributed by atoms with van der Waals surface area (Å²) in [5.74, 6) is -1.44. The van der Waals surface area contributed by atoms with Gasteiger partial charge in [0.1, 0.15) is 11.5 Å². The second-order valence-corrected chi connectivity index (χ2v) is 5.05. The third kappa shape index (κ3) is 7.72. The Kier molecular flexibility index (Phi) is 5.37. The maximum atomic E-state index is 11.0. The first kappa shape index (κ1) is 13.1. The Hall–Kier alpha value is -0.910. The molecule has 0 bridgehead atoms. The summed E-state index contributed by atoms with van der Waals surface area (Å²) in [7, 11) is -3.29. The molecule has 0 atom stereocenters. The quantitative estimate of drug-likeness (QED) is 0.588. The Morgan fingerprint density at radius 1 is 1.21 bits per heavy atom. The average molecular weight is 222 g/mol. The number of hydrogen-bond donors (Lipinski definition) is 0. The van der Waals surface area contributed by atoms with E-state index in [-0.39, 0.29) is 19.4 Å². The number of Topliss-reactive ketones (excluding diaryl/α,β-unsaturated/α-hetero) is 1. The number of carbonyl (C=O) groups is 2. The summed E-state index contributed by atoms with van der Waals surface area (Å²) in [5, 5.41) is 0. The van der Waals surface area contributed by atoms with E-state index in [0.717, 1.165) is 6.26 Å². The van der Waals surface area contributed by atoms with Crippen LogP contribution in [-0.4, -0.2) is 38.8 Å². The predicted molar refractivity (Wildman–Crippen MR) is 50.6 cm³/mol. The molecule has 0 aromatic heterocycles. The van der Waals surface area contributed by atoms with Crippen molar-refractivity contribution in [2.45, 2.75) is 19.8 Å². The summed E-state index contributed by atoms with van der Waals surface area (Å²) in [5.41, 5.74) is 0. The van der Waals surface area contributed by atoms with E-state index >= 15 is 0 Å². The van der Waals surface area contributed by atoms with Crippen molar-refractivity contribution in [2.75, 3.05) is 18.6 Å². The highest BCUT2D eigenvalue weighted by Gasteiger charge is 2.12. The molecule has 0 heterocycles. The first-order valence-corrected chi connectivity index (χ1v) is 6.26. The van der Waals surface area contributed by atoms with Gasteiger partial charge in [-0.25, -0.2) is 8.42 Å². The van der Waals surface area contributed by atoms with Gasteiger partial charge in [0.25, 0.3) is 0 Å². The lowest BCUT2D eigenvalue weighted by Gasteiger charge is -2.00. The molecule has 0 fully saturated rings. The van der Waals surface area contributed by atoms with Crippen molar-refractivity contribution in [3.8, 4) is 0 Å². The van der Waals surface area contributed by atoms with E-state index in [1.165, 1.54) is 0 Å². The van der Waals surface area contributed by atoms with E-state index in [4.69, 9.17) is 0 Å². The molecule has 0 unspecified atom stereocenters. The van der Waals surface area contributed by atoms with Crippen LogP contribution in [0.5, 0.6) is 0 Å². The van der Waals surface area contributed by atoms with E-state index in [0.29, 0.717) is 0 Å². The molecule has 0 saturated heterocycles. The number of rotatable bonds is 6. The SMILES string of the molecule is CCOC(=O)CCC(=O)CS(C)(=O)=O. The molecule has 0 aliphatic carbocycles. The Labute approximate surface area is 83.4 Å². The molecule has 6 heteroatoms. The van der Waals surface area contributed by atoms with Gasteiger partial charge >= 0.3 is 5.97 Å². The molecule has 0 saturated carbocycles. The van der Waals surface area contributed by atoms with Crippen LogP contribution in [0, 0.1) is 0 Å². The lowest BCUT2D eigenvalue weighted by Crippen LogP contribution is -2.16. The van der Waals surface area contributed by atoms with Gasteiger partial charge in [-0.3, -0.25) is 9.59 Å². The van der Waals surface area contributed by atoms with Gasteiger partial charge in [-0.05, 0) is 6.92 Å². The Bertz CT molecular complexity index is 304. The maximum Gasteiger partial charge on any atom is 0.306 e. The zero-order valence-corrected chi connectivity index (χ0v) is 9.09. The summed E-state index contributed by atoms with van der Waals surface area (Å²) in [4.78, 5) is 21.8. The Morgan fingerprint density at radius 3 is 2.21 bits per heavy atom. The van der Waals surface area contributed by atoms with Crippen LogP contribution >= 0.6 is 0 Å². The number of esters is 1. The minimum atomic E-state index is -3.29. The van der Waals surface area contributed by atoms with Crippen LogP contribution in [0.2, 0.25) is 0 Å². The largest absolute Gasteiger partial charge is 0.466 e. The third-order valence-electron chi connectivity index (χ3n) is 1.34. The van der Waals surface area contributed by atoms with Crippen LogP contribution in [0.3, 0.4) is 0 Å². The molecule has 0 aromatic rings. The molecular weight excluding hydrogens is 208 g/mol. The predicted octanol–water partition coefficient (Wildman–Crippen LogP) is -0.0566. The van der Waals surface area contributed by atoms with Gasteiger partial charge in [0.15, 0.2) is 9.84 Å². The van der Waals surface area contributed by atoms with Crippen molar-refractivity contribution in [1.82, 2.24) is 0 Å². The molecule has 0 aliphatic rings. The lowest BCUT2D eigenvalue weighted by molar-refractivity contribution is -0.144. The third-order valence-corrected chi connectivity index (χ3v) is 2.18. The Morgan fingerprint density at radius 2 is 1.79 bits per heavy atom. The molecule has 0 rings (SSSR count). The van der Waals surface area contributed by atoms with Crippen LogP contribution in [0.4, 0.5) is 0 Å². The molecule has 14 heavy (non-hydrogen) atoms. The second-order valence-electron chi connectivity index (χ2n) is 2.91. The monoisotopic (exact) mass is 222 g/mol. The van der Waals surface area contributed by atoms with E-state index in [9.17, 15) is 18.0 Å². The van der Waals surface area contributed by atoms with Crippen LogP contribution in [-0.2, 0) is 24.2 Å². The van der Waals surface area contributed by atoms with Crippen LogP contribution in [0.1, 0.15) is 19.8 Å². The highest BCUT2D eigenvalue weighted by molar-refractivity contribution is 7.91. The van der Waals surface area contributed by atoms with Crippen molar-refractivity contribution in [1.29, 1.82) is 0 Å². The van der Waals surface area contributed by atoms with Gasteiger partial charge in [0.05, 0.1) is 13.0 Å². The minimum Gasteiger partial charge on any atom is -0.466 e. The maximum absolute atomic E-state index is 11.0. The second kappa shape index (κ2) is 5.74. The summed E-state index contributed by atoms with van der Waals surface area (Å²) in [6.45, 7) is 1.93. The highest BCUT2D eigenvalue weighted by atomic mass is 32.2. The summed E-state index contributed by atoms with van der Waals surface area (Å²) in [6, 6.07) is 0. The first-order chi connectivity index (χ1) is 6.35. The van der Waals surface area contributed by atoms with Gasteiger partial charge in [-0.1, -0.05) is 0 Å². The van der Waals surface area contributed by atoms with Gasteiger partial charge in [-0.15, -0.1) is 0 Å². The van der Waals surface area contributed by atoms with Crippen molar-refractivity contribution in [3.05, 3.63) is 0 Å². The fourth-order valence-electron chi connectivity index (χ4n) is 0.839. The fourth-order valence-corrected chi connectivity index (χ4v) is 1.57. The molecule has 0 aliphatic heterocycles. The summed E-state index contributed by atoms with van der Waals surface area (Å²) in [6.07, 6.45) is 0.851. The van der Waals surface area contributed by atoms with Crippen LogP contribution in [0.15, 0.2) is 0 Å². The van der Waals surface area contributed by atoms with Gasteiger partial charge in [0.2, 0.25) is 0 Å². The number of sulfone groups is 1. The summed E-state index contributed by atoms with van der Waals surface area (Å²) >= 11 is 0. The smallest absolute Gasteiger partial charge is 0.306 e. The molecule has 0 spiro atoms. The summed E-state index contributed by atoms with van der Waals surface area (Å²) < 4.78 is 25.9. The van der Waals surface area contributed by atoms with Crippen molar-refractivity contribution < 1.29 is 22.7 Å². The van der Waals surface area contributed by atoms with Gasteiger partial charge < -0.3 is 4.74 Å². The van der Waals surface area contributed by atoms with Gasteiger partial charge in [0, 0.05) is 12.7 Å². The number of ketones is 1. The molecule has 0 radical (unpaired) electrons. The zero-order chi connectivity index (χ0) is 11.2. The van der Waals surface area contributed by atoms with Crippen LogP contribution < -0.4 is 0 Å². The molecule has 0 aromatic carbocycles. The number of hydrogen-bond acceptors (Lipinski definition) is 5. The normalized spacial score (nSPS) is 11.0. The minimum absolute atomic E-state index is 0.0534. The van der Waals surface area contributed by atoms with Crippen molar-refractivity contribution in [3.63, 3.8) is 0 Å². The van der Waals surface area contributed by atoms with E-state index in [1.54, 1.807) is 6.92 Å². The molecule has 82 valence electrons. The fraction of sp³-hybridized carbons (Fsp3) is 0.750. The Balaban J connectivity index is 3.81.